The van der Waals surface area contributed by atoms with E-state index in [1.54, 1.807) is 21.3 Å². The lowest BCUT2D eigenvalue weighted by atomic mass is 9.95. The molecule has 1 aliphatic carbocycles. The topological polar surface area (TPSA) is 43.5 Å². The SMILES string of the molecule is COc1cc2[nH]c3c(c2c(OC)c1OC)CCCC3. The molecular weight excluding hydrogens is 242 g/mol. The van der Waals surface area contributed by atoms with E-state index < -0.39 is 0 Å². The molecule has 0 aliphatic heterocycles. The van der Waals surface area contributed by atoms with Crippen LogP contribution in [-0.2, 0) is 12.8 Å². The summed E-state index contributed by atoms with van der Waals surface area (Å²) in [6.45, 7) is 0. The van der Waals surface area contributed by atoms with E-state index in [0.717, 1.165) is 29.5 Å². The summed E-state index contributed by atoms with van der Waals surface area (Å²) < 4.78 is 16.4. The van der Waals surface area contributed by atoms with E-state index in [0.29, 0.717) is 11.5 Å². The molecule has 1 aromatic carbocycles. The summed E-state index contributed by atoms with van der Waals surface area (Å²) in [5.74, 6) is 2.14. The molecule has 0 spiro atoms. The summed E-state index contributed by atoms with van der Waals surface area (Å²) in [6.07, 6.45) is 4.69. The molecule has 0 atom stereocenters. The summed E-state index contributed by atoms with van der Waals surface area (Å²) in [7, 11) is 4.97. The number of hydrogen-bond donors (Lipinski definition) is 1. The highest BCUT2D eigenvalue weighted by atomic mass is 16.5. The van der Waals surface area contributed by atoms with Crippen molar-refractivity contribution in [1.82, 2.24) is 4.98 Å². The first kappa shape index (κ1) is 12.2. The lowest BCUT2D eigenvalue weighted by Gasteiger charge is -2.15. The first-order chi connectivity index (χ1) is 9.30. The number of hydrogen-bond acceptors (Lipinski definition) is 3. The Labute approximate surface area is 112 Å². The zero-order valence-corrected chi connectivity index (χ0v) is 11.6. The van der Waals surface area contributed by atoms with E-state index in [2.05, 4.69) is 4.98 Å². The summed E-state index contributed by atoms with van der Waals surface area (Å²) in [4.78, 5) is 3.50. The van der Waals surface area contributed by atoms with Gasteiger partial charge in [-0.15, -0.1) is 0 Å². The van der Waals surface area contributed by atoms with E-state index >= 15 is 0 Å². The number of aromatic nitrogens is 1. The maximum atomic E-state index is 5.59. The number of rotatable bonds is 3. The fourth-order valence-electron chi connectivity index (χ4n) is 3.04. The lowest BCUT2D eigenvalue weighted by molar-refractivity contribution is 0.327. The molecule has 1 N–H and O–H groups in total. The first-order valence-corrected chi connectivity index (χ1v) is 6.62. The van der Waals surface area contributed by atoms with Gasteiger partial charge in [-0.25, -0.2) is 0 Å². The highest BCUT2D eigenvalue weighted by Crippen LogP contribution is 2.46. The van der Waals surface area contributed by atoms with E-state index in [4.69, 9.17) is 14.2 Å². The largest absolute Gasteiger partial charge is 0.493 e. The monoisotopic (exact) mass is 261 g/mol. The Morgan fingerprint density at radius 3 is 2.37 bits per heavy atom. The van der Waals surface area contributed by atoms with Crippen molar-refractivity contribution in [2.45, 2.75) is 25.7 Å². The van der Waals surface area contributed by atoms with Crippen molar-refractivity contribution in [3.05, 3.63) is 17.3 Å². The molecule has 0 saturated heterocycles. The number of fused-ring (bicyclic) bond motifs is 3. The Hall–Kier alpha value is -1.84. The molecule has 3 rings (SSSR count). The van der Waals surface area contributed by atoms with Crippen LogP contribution in [0.2, 0.25) is 0 Å². The van der Waals surface area contributed by atoms with Crippen LogP contribution in [0.4, 0.5) is 0 Å². The van der Waals surface area contributed by atoms with Crippen LogP contribution in [0, 0.1) is 0 Å². The summed E-state index contributed by atoms with van der Waals surface area (Å²) in [5, 5.41) is 1.15. The molecule has 0 radical (unpaired) electrons. The molecule has 2 aromatic rings. The highest BCUT2D eigenvalue weighted by Gasteiger charge is 2.23. The number of ether oxygens (including phenoxy) is 3. The van der Waals surface area contributed by atoms with E-state index in [1.165, 1.54) is 24.1 Å². The minimum Gasteiger partial charge on any atom is -0.493 e. The lowest BCUT2D eigenvalue weighted by Crippen LogP contribution is -2.01. The van der Waals surface area contributed by atoms with Gasteiger partial charge in [-0.3, -0.25) is 0 Å². The van der Waals surface area contributed by atoms with Crippen molar-refractivity contribution in [3.8, 4) is 17.2 Å². The molecule has 4 nitrogen and oxygen atoms in total. The minimum atomic E-state index is 0.671. The average Bonchev–Trinajstić information content (AvgIpc) is 2.83. The molecule has 102 valence electrons. The maximum absolute atomic E-state index is 5.59. The van der Waals surface area contributed by atoms with Gasteiger partial charge in [0.05, 0.1) is 26.8 Å². The van der Waals surface area contributed by atoms with Crippen molar-refractivity contribution in [3.63, 3.8) is 0 Å². The molecule has 0 fully saturated rings. The number of methoxy groups -OCH3 is 3. The van der Waals surface area contributed by atoms with Gasteiger partial charge in [-0.05, 0) is 31.2 Å². The standard InChI is InChI=1S/C15H19NO3/c1-17-12-8-11-13(15(19-3)14(12)18-2)9-6-4-5-7-10(9)16-11/h8,16H,4-7H2,1-3H3. The fraction of sp³-hybridized carbons (Fsp3) is 0.467. The average molecular weight is 261 g/mol. The van der Waals surface area contributed by atoms with Crippen LogP contribution >= 0.6 is 0 Å². The number of aromatic amines is 1. The number of nitrogens with one attached hydrogen (secondary N) is 1. The van der Waals surface area contributed by atoms with Gasteiger partial charge in [0.25, 0.3) is 0 Å². The number of aryl methyl sites for hydroxylation is 2. The second-order valence-electron chi connectivity index (χ2n) is 4.86. The van der Waals surface area contributed by atoms with Crippen LogP contribution in [-0.4, -0.2) is 26.3 Å². The van der Waals surface area contributed by atoms with Gasteiger partial charge in [-0.1, -0.05) is 0 Å². The highest BCUT2D eigenvalue weighted by molar-refractivity contribution is 5.95. The number of benzene rings is 1. The van der Waals surface area contributed by atoms with Crippen molar-refractivity contribution in [2.24, 2.45) is 0 Å². The van der Waals surface area contributed by atoms with Gasteiger partial charge >= 0.3 is 0 Å². The Balaban J connectivity index is 2.35. The van der Waals surface area contributed by atoms with Gasteiger partial charge in [0.1, 0.15) is 0 Å². The predicted molar refractivity (Wildman–Crippen MR) is 74.6 cm³/mol. The van der Waals surface area contributed by atoms with Crippen LogP contribution in [0.5, 0.6) is 17.2 Å². The second kappa shape index (κ2) is 4.68. The van der Waals surface area contributed by atoms with E-state index in [-0.39, 0.29) is 0 Å². The molecule has 0 unspecified atom stereocenters. The first-order valence-electron chi connectivity index (χ1n) is 6.62. The molecular formula is C15H19NO3. The minimum absolute atomic E-state index is 0.671. The third-order valence-electron chi connectivity index (χ3n) is 3.89. The zero-order valence-electron chi connectivity index (χ0n) is 11.6. The smallest absolute Gasteiger partial charge is 0.204 e. The van der Waals surface area contributed by atoms with E-state index in [1.807, 2.05) is 6.07 Å². The Kier molecular flexibility index (Phi) is 3.01. The summed E-state index contributed by atoms with van der Waals surface area (Å²) in [6, 6.07) is 2.00. The van der Waals surface area contributed by atoms with Gasteiger partial charge < -0.3 is 19.2 Å². The van der Waals surface area contributed by atoms with Crippen LogP contribution in [0.25, 0.3) is 10.9 Å². The molecule has 1 aromatic heterocycles. The molecule has 1 aliphatic rings. The second-order valence-corrected chi connectivity index (χ2v) is 4.86. The van der Waals surface area contributed by atoms with E-state index in [9.17, 15) is 0 Å². The van der Waals surface area contributed by atoms with Crippen molar-refractivity contribution < 1.29 is 14.2 Å². The van der Waals surface area contributed by atoms with Gasteiger partial charge in [0, 0.05) is 17.1 Å². The van der Waals surface area contributed by atoms with Crippen LogP contribution < -0.4 is 14.2 Å². The predicted octanol–water partition coefficient (Wildman–Crippen LogP) is 3.07. The molecule has 4 heteroatoms. The number of H-pyrrole nitrogens is 1. The summed E-state index contributed by atoms with van der Waals surface area (Å²) >= 11 is 0. The quantitative estimate of drug-likeness (QED) is 0.923. The normalized spacial score (nSPS) is 14.3. The van der Waals surface area contributed by atoms with Crippen molar-refractivity contribution in [2.75, 3.05) is 21.3 Å². The Morgan fingerprint density at radius 1 is 0.947 bits per heavy atom. The van der Waals surface area contributed by atoms with Crippen LogP contribution in [0.1, 0.15) is 24.1 Å². The molecule has 0 bridgehead atoms. The molecule has 19 heavy (non-hydrogen) atoms. The van der Waals surface area contributed by atoms with Gasteiger partial charge in [-0.2, -0.15) is 0 Å². The molecule has 1 heterocycles. The maximum Gasteiger partial charge on any atom is 0.204 e. The molecule has 0 saturated carbocycles. The Morgan fingerprint density at radius 2 is 1.68 bits per heavy atom. The fourth-order valence-corrected chi connectivity index (χ4v) is 3.04. The van der Waals surface area contributed by atoms with Gasteiger partial charge in [0.15, 0.2) is 11.5 Å². The van der Waals surface area contributed by atoms with Crippen molar-refractivity contribution >= 4 is 10.9 Å². The molecule has 0 amide bonds. The van der Waals surface area contributed by atoms with Crippen molar-refractivity contribution in [1.29, 1.82) is 0 Å². The summed E-state index contributed by atoms with van der Waals surface area (Å²) in [5.41, 5.74) is 3.77. The Bertz CT molecular complexity index is 616. The third kappa shape index (κ3) is 1.74. The van der Waals surface area contributed by atoms with Gasteiger partial charge in [0.2, 0.25) is 5.75 Å². The van der Waals surface area contributed by atoms with Crippen LogP contribution in [0.3, 0.4) is 0 Å². The third-order valence-corrected chi connectivity index (χ3v) is 3.89. The zero-order chi connectivity index (χ0) is 13.4. The van der Waals surface area contributed by atoms with Crippen LogP contribution in [0.15, 0.2) is 6.07 Å².